The van der Waals surface area contributed by atoms with Crippen molar-refractivity contribution in [1.82, 2.24) is 5.32 Å². The van der Waals surface area contributed by atoms with E-state index in [-0.39, 0.29) is 24.2 Å². The summed E-state index contributed by atoms with van der Waals surface area (Å²) in [4.78, 5) is 23.6. The largest absolute Gasteiger partial charge is 0.452 e. The van der Waals surface area contributed by atoms with E-state index in [9.17, 15) is 9.59 Å². The molecule has 0 aliphatic carbocycles. The number of para-hydroxylation sites is 1. The molecule has 0 spiro atoms. The van der Waals surface area contributed by atoms with Crippen molar-refractivity contribution in [3.63, 3.8) is 0 Å². The Hall–Kier alpha value is -1.59. The normalized spacial score (nSPS) is 11.8. The van der Waals surface area contributed by atoms with Gasteiger partial charge in [0.15, 0.2) is 6.61 Å². The predicted molar refractivity (Wildman–Crippen MR) is 97.0 cm³/mol. The molecule has 0 aromatic heterocycles. The molecule has 0 amide bonds. The van der Waals surface area contributed by atoms with Gasteiger partial charge in [0, 0.05) is 0 Å². The number of carbonyl (C=O) groups excluding carboxylic acids is 2. The molecule has 0 fully saturated rings. The van der Waals surface area contributed by atoms with Crippen LogP contribution in [0.1, 0.15) is 57.6 Å². The Balaban J connectivity index is 0.00000529. The number of halogens is 1. The van der Waals surface area contributed by atoms with Gasteiger partial charge in [0.1, 0.15) is 11.8 Å². The third kappa shape index (κ3) is 6.13. The lowest BCUT2D eigenvalue weighted by Gasteiger charge is -2.19. The first-order chi connectivity index (χ1) is 10.8. The lowest BCUT2D eigenvalue weighted by Crippen LogP contribution is -2.34. The highest BCUT2D eigenvalue weighted by atomic mass is 35.5. The fourth-order valence-corrected chi connectivity index (χ4v) is 2.12. The van der Waals surface area contributed by atoms with Gasteiger partial charge in [-0.1, -0.05) is 45.9 Å². The minimum Gasteiger partial charge on any atom is -0.452 e. The van der Waals surface area contributed by atoms with Crippen molar-refractivity contribution in [3.05, 3.63) is 29.3 Å². The van der Waals surface area contributed by atoms with Crippen LogP contribution < -0.4 is 10.1 Å². The van der Waals surface area contributed by atoms with Crippen LogP contribution in [-0.2, 0) is 14.3 Å². The number of nitrogens with one attached hydrogen (secondary N) is 1. The minimum absolute atomic E-state index is 0. The second-order valence-electron chi connectivity index (χ2n) is 6.17. The van der Waals surface area contributed by atoms with E-state index in [4.69, 9.17) is 9.47 Å². The smallest absolute Gasteiger partial charge is 0.349 e. The zero-order chi connectivity index (χ0) is 17.6. The first-order valence-electron chi connectivity index (χ1n) is 7.95. The van der Waals surface area contributed by atoms with Crippen molar-refractivity contribution in [1.29, 1.82) is 0 Å². The number of rotatable bonds is 7. The van der Waals surface area contributed by atoms with Gasteiger partial charge in [0.2, 0.25) is 0 Å². The second kappa shape index (κ2) is 10.3. The quantitative estimate of drug-likeness (QED) is 0.598. The van der Waals surface area contributed by atoms with Gasteiger partial charge in [-0.05, 0) is 36.9 Å². The zero-order valence-electron chi connectivity index (χ0n) is 15.2. The van der Waals surface area contributed by atoms with Crippen molar-refractivity contribution in [2.75, 3.05) is 13.7 Å². The van der Waals surface area contributed by atoms with Gasteiger partial charge in [-0.25, -0.2) is 4.79 Å². The molecule has 24 heavy (non-hydrogen) atoms. The van der Waals surface area contributed by atoms with Crippen LogP contribution in [-0.4, -0.2) is 31.6 Å². The Bertz CT molecular complexity index is 532. The van der Waals surface area contributed by atoms with Crippen LogP contribution >= 0.6 is 12.4 Å². The van der Waals surface area contributed by atoms with E-state index in [0.717, 1.165) is 11.1 Å². The van der Waals surface area contributed by atoms with Crippen molar-refractivity contribution in [3.8, 4) is 5.75 Å². The molecule has 5 nitrogen and oxygen atoms in total. The molecule has 0 bridgehead atoms. The van der Waals surface area contributed by atoms with Crippen LogP contribution in [0, 0.1) is 0 Å². The molecule has 1 aromatic rings. The first-order valence-corrected chi connectivity index (χ1v) is 7.95. The monoisotopic (exact) mass is 357 g/mol. The summed E-state index contributed by atoms with van der Waals surface area (Å²) < 4.78 is 10.5. The Kier molecular flexibility index (Phi) is 9.63. The molecular formula is C18H28ClNO4. The van der Waals surface area contributed by atoms with E-state index in [1.165, 1.54) is 0 Å². The average molecular weight is 358 g/mol. The molecule has 1 N–H and O–H groups in total. The summed E-state index contributed by atoms with van der Waals surface area (Å²) in [5, 5.41) is 2.76. The SMILES string of the molecule is CN[C@H](C)C(=O)OCC(=O)Oc1c(C(C)C)cccc1C(C)C.Cl. The summed E-state index contributed by atoms with van der Waals surface area (Å²) >= 11 is 0. The Morgan fingerprint density at radius 3 is 1.96 bits per heavy atom. The van der Waals surface area contributed by atoms with Crippen LogP contribution in [0.3, 0.4) is 0 Å². The summed E-state index contributed by atoms with van der Waals surface area (Å²) in [6.45, 7) is 9.46. The molecule has 0 aliphatic heterocycles. The number of ether oxygens (including phenoxy) is 2. The maximum atomic E-state index is 12.1. The number of hydrogen-bond donors (Lipinski definition) is 1. The molecule has 136 valence electrons. The minimum atomic E-state index is -0.573. The van der Waals surface area contributed by atoms with Crippen LogP contribution in [0.4, 0.5) is 0 Å². The van der Waals surface area contributed by atoms with E-state index in [2.05, 4.69) is 5.32 Å². The molecule has 0 unspecified atom stereocenters. The molecule has 0 aliphatic rings. The second-order valence-corrected chi connectivity index (χ2v) is 6.17. The highest BCUT2D eigenvalue weighted by Crippen LogP contribution is 2.34. The summed E-state index contributed by atoms with van der Waals surface area (Å²) in [5.41, 5.74) is 1.94. The van der Waals surface area contributed by atoms with Gasteiger partial charge in [-0.3, -0.25) is 4.79 Å². The van der Waals surface area contributed by atoms with Crippen molar-refractivity contribution < 1.29 is 19.1 Å². The topological polar surface area (TPSA) is 64.6 Å². The van der Waals surface area contributed by atoms with Gasteiger partial charge >= 0.3 is 11.9 Å². The maximum Gasteiger partial charge on any atom is 0.349 e. The highest BCUT2D eigenvalue weighted by molar-refractivity contribution is 5.85. The van der Waals surface area contributed by atoms with E-state index in [1.54, 1.807) is 14.0 Å². The maximum absolute atomic E-state index is 12.1. The highest BCUT2D eigenvalue weighted by Gasteiger charge is 2.20. The third-order valence-corrected chi connectivity index (χ3v) is 3.65. The lowest BCUT2D eigenvalue weighted by atomic mass is 9.94. The molecule has 1 aromatic carbocycles. The average Bonchev–Trinajstić information content (AvgIpc) is 2.51. The summed E-state index contributed by atoms with van der Waals surface area (Å²) in [7, 11) is 1.65. The fourth-order valence-electron chi connectivity index (χ4n) is 2.12. The molecule has 0 radical (unpaired) electrons. The molecular weight excluding hydrogens is 330 g/mol. The predicted octanol–water partition coefficient (Wildman–Crippen LogP) is 3.41. The summed E-state index contributed by atoms with van der Waals surface area (Å²) in [6, 6.07) is 5.41. The molecule has 0 saturated carbocycles. The molecule has 1 atom stereocenters. The fraction of sp³-hybridized carbons (Fsp3) is 0.556. The van der Waals surface area contributed by atoms with Gasteiger partial charge in [-0.15, -0.1) is 12.4 Å². The van der Waals surface area contributed by atoms with Crippen molar-refractivity contribution in [2.45, 2.75) is 52.5 Å². The van der Waals surface area contributed by atoms with Gasteiger partial charge in [-0.2, -0.15) is 0 Å². The zero-order valence-corrected chi connectivity index (χ0v) is 16.0. The van der Waals surface area contributed by atoms with Gasteiger partial charge in [0.05, 0.1) is 0 Å². The number of likely N-dealkylation sites (N-methyl/N-ethyl adjacent to an activating group) is 1. The number of carbonyl (C=O) groups is 2. The number of esters is 2. The van der Waals surface area contributed by atoms with Crippen LogP contribution in [0.2, 0.25) is 0 Å². The Labute approximate surface area is 150 Å². The summed E-state index contributed by atoms with van der Waals surface area (Å²) in [5.74, 6) is -0.0192. The summed E-state index contributed by atoms with van der Waals surface area (Å²) in [6.07, 6.45) is 0. The molecule has 1 rings (SSSR count). The van der Waals surface area contributed by atoms with E-state index >= 15 is 0 Å². The molecule has 0 heterocycles. The van der Waals surface area contributed by atoms with Gasteiger partial charge in [0.25, 0.3) is 0 Å². The van der Waals surface area contributed by atoms with Crippen LogP contribution in [0.25, 0.3) is 0 Å². The van der Waals surface area contributed by atoms with E-state index < -0.39 is 24.6 Å². The number of benzene rings is 1. The molecule has 6 heteroatoms. The van der Waals surface area contributed by atoms with Crippen molar-refractivity contribution >= 4 is 24.3 Å². The van der Waals surface area contributed by atoms with E-state index in [1.807, 2.05) is 45.9 Å². The first kappa shape index (κ1) is 22.4. The lowest BCUT2D eigenvalue weighted by molar-refractivity contribution is -0.154. The van der Waals surface area contributed by atoms with Crippen LogP contribution in [0.15, 0.2) is 18.2 Å². The number of hydrogen-bond acceptors (Lipinski definition) is 5. The standard InChI is InChI=1S/C18H27NO4.ClH/c1-11(2)14-8-7-9-15(12(3)4)17(14)23-16(20)10-22-18(21)13(5)19-6;/h7-9,11-13,19H,10H2,1-6H3;1H/t13-;/m1./s1. The van der Waals surface area contributed by atoms with E-state index in [0.29, 0.717) is 5.75 Å². The van der Waals surface area contributed by atoms with Crippen molar-refractivity contribution in [2.24, 2.45) is 0 Å². The Morgan fingerprint density at radius 1 is 1.04 bits per heavy atom. The third-order valence-electron chi connectivity index (χ3n) is 3.65. The van der Waals surface area contributed by atoms with Crippen LogP contribution in [0.5, 0.6) is 5.75 Å². The molecule has 0 saturated heterocycles. The van der Waals surface area contributed by atoms with Gasteiger partial charge < -0.3 is 14.8 Å². The Morgan fingerprint density at radius 2 is 1.54 bits per heavy atom.